The highest BCUT2D eigenvalue weighted by Crippen LogP contribution is 2.66. The first-order valence-corrected chi connectivity index (χ1v) is 13.6. The third-order valence-corrected chi connectivity index (χ3v) is 10.5. The summed E-state index contributed by atoms with van der Waals surface area (Å²) in [6, 6.07) is 3.15. The van der Waals surface area contributed by atoms with Crippen molar-refractivity contribution in [1.82, 2.24) is 4.90 Å². The van der Waals surface area contributed by atoms with Gasteiger partial charge in [-0.1, -0.05) is 49.0 Å². The number of nitrogens with zero attached hydrogens (tertiary/aromatic N) is 1. The van der Waals surface area contributed by atoms with Crippen LogP contribution in [0.25, 0.3) is 0 Å². The Hall–Kier alpha value is -1.72. The summed E-state index contributed by atoms with van der Waals surface area (Å²) >= 11 is 12.5. The van der Waals surface area contributed by atoms with Gasteiger partial charge < -0.3 is 15.0 Å². The van der Waals surface area contributed by atoms with Crippen LogP contribution in [-0.2, 0) is 9.59 Å². The van der Waals surface area contributed by atoms with Gasteiger partial charge in [0.15, 0.2) is 0 Å². The molecular formula is C28H36Cl2N2O3. The molecule has 1 aromatic carbocycles. The van der Waals surface area contributed by atoms with E-state index in [1.54, 1.807) is 17.0 Å². The fourth-order valence-corrected chi connectivity index (χ4v) is 8.96. The minimum atomic E-state index is -0.769. The number of hydrogen-bond donors (Lipinski definition) is 1. The van der Waals surface area contributed by atoms with Crippen LogP contribution in [0.15, 0.2) is 23.4 Å². The predicted molar refractivity (Wildman–Crippen MR) is 140 cm³/mol. The zero-order chi connectivity index (χ0) is 25.3. The average molecular weight is 520 g/mol. The van der Waals surface area contributed by atoms with E-state index in [0.29, 0.717) is 45.2 Å². The molecule has 3 fully saturated rings. The zero-order valence-corrected chi connectivity index (χ0v) is 22.9. The molecule has 2 amide bonds. The second kappa shape index (κ2) is 8.69. The molecule has 7 heteroatoms. The van der Waals surface area contributed by atoms with Gasteiger partial charge in [-0.15, -0.1) is 0 Å². The van der Waals surface area contributed by atoms with Gasteiger partial charge in [-0.3, -0.25) is 9.59 Å². The van der Waals surface area contributed by atoms with Crippen LogP contribution in [0.2, 0.25) is 10.0 Å². The molecule has 0 spiro atoms. The first kappa shape index (κ1) is 25.0. The molecule has 1 saturated heterocycles. The molecule has 5 nitrogen and oxygen atoms in total. The molecule has 5 rings (SSSR count). The van der Waals surface area contributed by atoms with Gasteiger partial charge in [-0.25, -0.2) is 0 Å². The number of rotatable bonds is 3. The van der Waals surface area contributed by atoms with Gasteiger partial charge in [0.1, 0.15) is 11.7 Å². The van der Waals surface area contributed by atoms with Crippen LogP contribution in [-0.4, -0.2) is 30.9 Å². The first-order valence-electron chi connectivity index (χ1n) is 12.8. The van der Waals surface area contributed by atoms with Crippen molar-refractivity contribution in [3.63, 3.8) is 0 Å². The predicted octanol–water partition coefficient (Wildman–Crippen LogP) is 6.94. The summed E-state index contributed by atoms with van der Waals surface area (Å²) in [5.41, 5.74) is 3.12. The summed E-state index contributed by atoms with van der Waals surface area (Å²) in [5, 5.41) is 3.58. The van der Waals surface area contributed by atoms with Crippen molar-refractivity contribution >= 4 is 40.7 Å². The van der Waals surface area contributed by atoms with Gasteiger partial charge >= 0.3 is 0 Å². The van der Waals surface area contributed by atoms with Gasteiger partial charge in [0.05, 0.1) is 22.8 Å². The maximum atomic E-state index is 13.5. The molecular weight excluding hydrogens is 483 g/mol. The van der Waals surface area contributed by atoms with Crippen LogP contribution in [0, 0.1) is 34.5 Å². The number of halogens is 2. The Kier molecular flexibility index (Phi) is 6.20. The molecule has 0 radical (unpaired) electrons. The summed E-state index contributed by atoms with van der Waals surface area (Å²) < 4.78 is 5.28. The highest BCUT2D eigenvalue weighted by molar-refractivity contribution is 6.37. The summed E-state index contributed by atoms with van der Waals surface area (Å²) in [7, 11) is 3.36. The van der Waals surface area contributed by atoms with E-state index < -0.39 is 5.92 Å². The Labute approximate surface area is 218 Å². The van der Waals surface area contributed by atoms with Gasteiger partial charge in [0.25, 0.3) is 0 Å². The number of allylic oxidation sites excluding steroid dienone is 2. The number of carbonyl (C=O) groups is 2. The maximum Gasteiger partial charge on any atom is 0.239 e. The number of hydrogen-bond acceptors (Lipinski definition) is 3. The number of fused-ring (bicyclic) bond motifs is 5. The number of benzene rings is 1. The first-order chi connectivity index (χ1) is 16.5. The smallest absolute Gasteiger partial charge is 0.239 e. The zero-order valence-electron chi connectivity index (χ0n) is 21.3. The normalized spacial score (nSPS) is 36.4. The van der Waals surface area contributed by atoms with Crippen LogP contribution in [0.1, 0.15) is 65.7 Å². The Morgan fingerprint density at radius 1 is 1.14 bits per heavy atom. The summed E-state index contributed by atoms with van der Waals surface area (Å²) in [6.07, 6.45) is 7.99. The highest BCUT2D eigenvalue weighted by Gasteiger charge is 2.60. The molecule has 0 bridgehead atoms. The van der Waals surface area contributed by atoms with Crippen molar-refractivity contribution in [3.05, 3.63) is 33.4 Å². The van der Waals surface area contributed by atoms with E-state index in [2.05, 4.69) is 26.1 Å². The summed E-state index contributed by atoms with van der Waals surface area (Å²) in [4.78, 5) is 28.8. The fourth-order valence-electron chi connectivity index (χ4n) is 8.45. The number of carbonyl (C=O) groups excluding carboxylic acids is 2. The van der Waals surface area contributed by atoms with E-state index >= 15 is 0 Å². The van der Waals surface area contributed by atoms with Crippen molar-refractivity contribution in [1.29, 1.82) is 0 Å². The molecule has 35 heavy (non-hydrogen) atoms. The van der Waals surface area contributed by atoms with E-state index in [1.807, 2.05) is 7.05 Å². The van der Waals surface area contributed by atoms with E-state index in [4.69, 9.17) is 27.9 Å². The van der Waals surface area contributed by atoms with Crippen LogP contribution in [0.4, 0.5) is 5.69 Å². The Bertz CT molecular complexity index is 1120. The summed E-state index contributed by atoms with van der Waals surface area (Å²) in [6.45, 7) is 7.01. The molecule has 190 valence electrons. The van der Waals surface area contributed by atoms with E-state index in [-0.39, 0.29) is 17.2 Å². The standard InChI is InChI=1S/C28H36Cl2N2O3/c1-15-11-16-18-7-6-9-27(18,2)10-8-19(16)28(3)14-17(26(34)32(4)24(15)28)25(33)31-22-13-23(35-5)21(30)12-20(22)29/h12-13,16-19H,6-11,14H2,1-5H3,(H,31,33)/t16-,17?,18-,19+,27-,28+/m0/s1. The molecule has 6 atom stereocenters. The molecule has 1 N–H and O–H groups in total. The molecule has 1 aromatic rings. The molecule has 3 aliphatic carbocycles. The monoisotopic (exact) mass is 518 g/mol. The topological polar surface area (TPSA) is 58.6 Å². The second-order valence-electron chi connectivity index (χ2n) is 11.8. The van der Waals surface area contributed by atoms with Crippen molar-refractivity contribution < 1.29 is 14.3 Å². The SMILES string of the molecule is COc1cc(NC(=O)C2C[C@@]3(C)C(=C(C)C[C@@H]4[C@H]3CC[C@]3(C)CCC[C@@H]43)N(C)C2=O)c(Cl)cc1Cl. The minimum absolute atomic E-state index is 0.147. The Morgan fingerprint density at radius 3 is 2.60 bits per heavy atom. The van der Waals surface area contributed by atoms with Gasteiger partial charge in [0.2, 0.25) is 11.8 Å². The average Bonchev–Trinajstić information content (AvgIpc) is 3.20. The lowest BCUT2D eigenvalue weighted by molar-refractivity contribution is -0.147. The minimum Gasteiger partial charge on any atom is -0.495 e. The number of amides is 2. The number of piperidine rings is 1. The quantitative estimate of drug-likeness (QED) is 0.441. The molecule has 2 saturated carbocycles. The van der Waals surface area contributed by atoms with Crippen LogP contribution in [0.5, 0.6) is 5.75 Å². The number of methoxy groups -OCH3 is 1. The van der Waals surface area contributed by atoms with Crippen molar-refractivity contribution in [2.75, 3.05) is 19.5 Å². The number of ether oxygens (including phenoxy) is 1. The van der Waals surface area contributed by atoms with Crippen LogP contribution in [0.3, 0.4) is 0 Å². The van der Waals surface area contributed by atoms with Crippen LogP contribution >= 0.6 is 23.2 Å². The molecule has 1 aliphatic heterocycles. The maximum absolute atomic E-state index is 13.5. The van der Waals surface area contributed by atoms with Crippen molar-refractivity contribution in [3.8, 4) is 5.75 Å². The Balaban J connectivity index is 1.47. The molecule has 1 heterocycles. The number of likely N-dealkylation sites (tertiary alicyclic amines) is 1. The lowest BCUT2D eigenvalue weighted by Gasteiger charge is -2.59. The van der Waals surface area contributed by atoms with Crippen molar-refractivity contribution in [2.24, 2.45) is 34.5 Å². The lowest BCUT2D eigenvalue weighted by atomic mass is 9.48. The molecule has 1 unspecified atom stereocenters. The fraction of sp³-hybridized carbons (Fsp3) is 0.643. The third-order valence-electron chi connectivity index (χ3n) is 9.93. The van der Waals surface area contributed by atoms with Gasteiger partial charge in [-0.2, -0.15) is 0 Å². The van der Waals surface area contributed by atoms with Gasteiger partial charge in [0, 0.05) is 24.2 Å². The van der Waals surface area contributed by atoms with E-state index in [0.717, 1.165) is 18.0 Å². The second-order valence-corrected chi connectivity index (χ2v) is 12.6. The van der Waals surface area contributed by atoms with E-state index in [9.17, 15) is 9.59 Å². The largest absolute Gasteiger partial charge is 0.495 e. The molecule has 4 aliphatic rings. The van der Waals surface area contributed by atoms with Crippen molar-refractivity contribution in [2.45, 2.75) is 65.7 Å². The Morgan fingerprint density at radius 2 is 1.89 bits per heavy atom. The number of anilines is 1. The van der Waals surface area contributed by atoms with Gasteiger partial charge in [-0.05, 0) is 74.7 Å². The number of nitrogens with one attached hydrogen (secondary N) is 1. The van der Waals surface area contributed by atoms with Crippen LogP contribution < -0.4 is 10.1 Å². The highest BCUT2D eigenvalue weighted by atomic mass is 35.5. The summed E-state index contributed by atoms with van der Waals surface area (Å²) in [5.74, 6) is 1.04. The third kappa shape index (κ3) is 3.80. The lowest BCUT2D eigenvalue weighted by Crippen LogP contribution is -2.57. The molecule has 0 aromatic heterocycles. The van der Waals surface area contributed by atoms with E-state index in [1.165, 1.54) is 44.8 Å².